The van der Waals surface area contributed by atoms with Gasteiger partial charge in [0, 0.05) is 12.5 Å². The van der Waals surface area contributed by atoms with E-state index in [0.717, 1.165) is 6.42 Å². The van der Waals surface area contributed by atoms with Gasteiger partial charge >= 0.3 is 5.97 Å². The van der Waals surface area contributed by atoms with E-state index in [1.165, 1.54) is 0 Å². The lowest BCUT2D eigenvalue weighted by molar-refractivity contribution is -0.135. The van der Waals surface area contributed by atoms with E-state index in [1.54, 1.807) is 24.6 Å². The van der Waals surface area contributed by atoms with Gasteiger partial charge in [-0.05, 0) is 21.5 Å². The number of ether oxygens (including phenoxy) is 1. The minimum Gasteiger partial charge on any atom is -0.462 e. The predicted octanol–water partition coefficient (Wildman–Crippen LogP) is 1.70. The molecule has 1 aromatic carbocycles. The number of benzene rings is 1. The zero-order valence-electron chi connectivity index (χ0n) is 10.4. The van der Waals surface area contributed by atoms with Crippen LogP contribution in [-0.4, -0.2) is 34.2 Å². The van der Waals surface area contributed by atoms with Crippen LogP contribution in [0.2, 0.25) is 0 Å². The molecule has 0 spiro atoms. The summed E-state index contributed by atoms with van der Waals surface area (Å²) in [7, 11) is -2.36. The smallest absolute Gasteiger partial charge is 0.346 e. The summed E-state index contributed by atoms with van der Waals surface area (Å²) in [6, 6.07) is 9.03. The van der Waals surface area contributed by atoms with Crippen LogP contribution < -0.4 is 0 Å². The predicted molar refractivity (Wildman–Crippen MR) is 71.8 cm³/mol. The lowest BCUT2D eigenvalue weighted by Gasteiger charge is -2.10. The van der Waals surface area contributed by atoms with Crippen molar-refractivity contribution < 1.29 is 13.7 Å². The van der Waals surface area contributed by atoms with Gasteiger partial charge in [0.05, 0.1) is 6.61 Å². The van der Waals surface area contributed by atoms with Gasteiger partial charge in [-0.3, -0.25) is 4.21 Å². The molecule has 0 aliphatic heterocycles. The van der Waals surface area contributed by atoms with Gasteiger partial charge in [-0.2, -0.15) is 0 Å². The number of hydrogen-bond acceptors (Lipinski definition) is 3. The van der Waals surface area contributed by atoms with Crippen LogP contribution in [0.4, 0.5) is 0 Å². The third kappa shape index (κ3) is 3.89. The van der Waals surface area contributed by atoms with Crippen molar-refractivity contribution in [2.75, 3.05) is 19.1 Å². The summed E-state index contributed by atoms with van der Waals surface area (Å²) < 4.78 is 17.2. The second-order valence-corrected chi connectivity index (χ2v) is 6.94. The Labute approximate surface area is 103 Å². The van der Waals surface area contributed by atoms with Crippen LogP contribution in [-0.2, 0) is 19.1 Å². The Morgan fingerprint density at radius 2 is 1.82 bits per heavy atom. The molecule has 0 aliphatic carbocycles. The average Bonchev–Trinajstić information content (AvgIpc) is 2.26. The summed E-state index contributed by atoms with van der Waals surface area (Å²) in [5, 5.41) is 0. The van der Waals surface area contributed by atoms with Gasteiger partial charge in [-0.15, -0.1) is 0 Å². The average molecular weight is 254 g/mol. The molecule has 0 saturated carbocycles. The number of esters is 1. The van der Waals surface area contributed by atoms with Crippen LogP contribution in [0.3, 0.4) is 0 Å². The first-order chi connectivity index (χ1) is 7.96. The number of hydrogen-bond donors (Lipinski definition) is 0. The molecule has 0 amide bonds. The van der Waals surface area contributed by atoms with E-state index < -0.39 is 15.5 Å². The molecule has 0 bridgehead atoms. The topological polar surface area (TPSA) is 43.4 Å². The minimum absolute atomic E-state index is 0.270. The van der Waals surface area contributed by atoms with Gasteiger partial charge in [0.15, 0.2) is 0 Å². The van der Waals surface area contributed by atoms with Crippen molar-refractivity contribution in [2.24, 2.45) is 0 Å². The van der Waals surface area contributed by atoms with Crippen molar-refractivity contribution in [1.29, 1.82) is 0 Å². The Hall–Kier alpha value is -1.29. The van der Waals surface area contributed by atoms with E-state index >= 15 is 0 Å². The molecular formula is C13H18O3S. The largest absolute Gasteiger partial charge is 0.462 e. The molecule has 1 rings (SSSR count). The maximum atomic E-state index is 12.2. The van der Waals surface area contributed by atoms with Crippen molar-refractivity contribution in [1.82, 2.24) is 0 Å². The molecule has 0 atom stereocenters. The fourth-order valence-corrected chi connectivity index (χ4v) is 2.62. The van der Waals surface area contributed by atoms with Crippen molar-refractivity contribution in [3.8, 4) is 0 Å². The Bertz CT molecular complexity index is 489. The lowest BCUT2D eigenvalue weighted by atomic mass is 10.1. The first kappa shape index (κ1) is 13.8. The summed E-state index contributed by atoms with van der Waals surface area (Å²) in [4.78, 5) is 12.2. The van der Waals surface area contributed by atoms with Gasteiger partial charge in [-0.1, -0.05) is 37.3 Å². The van der Waals surface area contributed by atoms with Gasteiger partial charge in [0.1, 0.15) is 4.86 Å². The molecule has 94 valence electrons. The van der Waals surface area contributed by atoms with E-state index in [-0.39, 0.29) is 4.86 Å². The first-order valence-corrected chi connectivity index (χ1v) is 7.88. The maximum Gasteiger partial charge on any atom is 0.346 e. The third-order valence-electron chi connectivity index (χ3n) is 2.15. The molecule has 0 fully saturated rings. The van der Waals surface area contributed by atoms with Crippen LogP contribution in [0.5, 0.6) is 0 Å². The summed E-state index contributed by atoms with van der Waals surface area (Å²) in [6.45, 7) is 2.27. The summed E-state index contributed by atoms with van der Waals surface area (Å²) in [5.74, 6) is -0.479. The quantitative estimate of drug-likeness (QED) is 0.467. The molecule has 0 saturated heterocycles. The molecular weight excluding hydrogens is 236 g/mol. The van der Waals surface area contributed by atoms with Gasteiger partial charge in [0.2, 0.25) is 0 Å². The molecule has 0 radical (unpaired) electrons. The Morgan fingerprint density at radius 1 is 1.24 bits per heavy atom. The van der Waals surface area contributed by atoms with Gasteiger partial charge in [0.25, 0.3) is 0 Å². The van der Waals surface area contributed by atoms with E-state index in [2.05, 4.69) is 0 Å². The molecule has 0 aromatic heterocycles. The highest BCUT2D eigenvalue weighted by Gasteiger charge is 2.18. The minimum atomic E-state index is -2.36. The molecule has 0 aliphatic rings. The highest BCUT2D eigenvalue weighted by molar-refractivity contribution is 8.02. The number of carbonyl (C=O) groups is 1. The molecule has 4 heteroatoms. The SMILES string of the molecule is CCCOC(=O)C(c1ccccc1)=S(C)(C)=O. The van der Waals surface area contributed by atoms with Crippen molar-refractivity contribution in [2.45, 2.75) is 13.3 Å². The van der Waals surface area contributed by atoms with E-state index in [4.69, 9.17) is 4.74 Å². The molecule has 3 nitrogen and oxygen atoms in total. The normalized spacial score (nSPS) is 11.0. The van der Waals surface area contributed by atoms with Crippen LogP contribution in [0.15, 0.2) is 30.3 Å². The Balaban J connectivity index is 3.18. The summed E-state index contributed by atoms with van der Waals surface area (Å²) in [5.41, 5.74) is 0.670. The van der Waals surface area contributed by atoms with Crippen LogP contribution in [0.1, 0.15) is 18.9 Å². The number of carbonyl (C=O) groups excluding carboxylic acids is 1. The molecule has 1 aromatic rings. The Morgan fingerprint density at radius 3 is 2.29 bits per heavy atom. The molecule has 0 unspecified atom stereocenters. The number of rotatable bonds is 4. The van der Waals surface area contributed by atoms with Crippen LogP contribution >= 0.6 is 0 Å². The van der Waals surface area contributed by atoms with Crippen LogP contribution in [0, 0.1) is 0 Å². The fourth-order valence-electron chi connectivity index (χ4n) is 1.45. The van der Waals surface area contributed by atoms with Crippen molar-refractivity contribution in [3.05, 3.63) is 35.9 Å². The van der Waals surface area contributed by atoms with Gasteiger partial charge < -0.3 is 4.74 Å². The van der Waals surface area contributed by atoms with Crippen LogP contribution in [0.25, 0.3) is 0 Å². The zero-order chi connectivity index (χ0) is 12.9. The fraction of sp³-hybridized carbons (Fsp3) is 0.385. The standard InChI is InChI=1S/C13H18O3S/c1-4-10-16-13(14)12(17(2,3)15)11-8-6-5-7-9-11/h5-9H,4,10H2,1-3H3. The monoisotopic (exact) mass is 254 g/mol. The van der Waals surface area contributed by atoms with E-state index in [9.17, 15) is 9.00 Å². The molecule has 0 N–H and O–H groups in total. The van der Waals surface area contributed by atoms with Crippen molar-refractivity contribution >= 4 is 20.4 Å². The van der Waals surface area contributed by atoms with Crippen molar-refractivity contribution in [3.63, 3.8) is 0 Å². The second kappa shape index (κ2) is 5.87. The molecule has 0 heterocycles. The maximum absolute atomic E-state index is 12.2. The van der Waals surface area contributed by atoms with Gasteiger partial charge in [-0.25, -0.2) is 4.79 Å². The first-order valence-electron chi connectivity index (χ1n) is 5.50. The summed E-state index contributed by atoms with van der Waals surface area (Å²) >= 11 is 0. The highest BCUT2D eigenvalue weighted by Crippen LogP contribution is 2.06. The third-order valence-corrected chi connectivity index (χ3v) is 3.54. The summed E-state index contributed by atoms with van der Waals surface area (Å²) in [6.07, 6.45) is 3.87. The lowest BCUT2D eigenvalue weighted by Crippen LogP contribution is -2.26. The zero-order valence-corrected chi connectivity index (χ0v) is 11.3. The van der Waals surface area contributed by atoms with E-state index in [0.29, 0.717) is 12.2 Å². The Kier molecular flexibility index (Phi) is 4.75. The second-order valence-electron chi connectivity index (χ2n) is 4.06. The highest BCUT2D eigenvalue weighted by atomic mass is 32.2. The molecule has 17 heavy (non-hydrogen) atoms. The van der Waals surface area contributed by atoms with E-state index in [1.807, 2.05) is 25.1 Å².